The van der Waals surface area contributed by atoms with E-state index < -0.39 is 6.10 Å². The first-order valence-electron chi connectivity index (χ1n) is 6.96. The number of aliphatic hydroxyl groups is 1. The summed E-state index contributed by atoms with van der Waals surface area (Å²) in [6, 6.07) is 18.7. The molecule has 0 bridgehead atoms. The zero-order chi connectivity index (χ0) is 15.8. The molecule has 2 aromatic carbocycles. The first-order valence-corrected chi connectivity index (χ1v) is 6.96. The molecule has 0 fully saturated rings. The number of hydrogen-bond donors (Lipinski definition) is 1. The first kappa shape index (κ1) is 15.8. The van der Waals surface area contributed by atoms with Crippen LogP contribution < -0.4 is 0 Å². The van der Waals surface area contributed by atoms with Gasteiger partial charge in [0.15, 0.2) is 0 Å². The summed E-state index contributed by atoms with van der Waals surface area (Å²) in [4.78, 5) is 0. The summed E-state index contributed by atoms with van der Waals surface area (Å²) >= 11 is 0. The van der Waals surface area contributed by atoms with Crippen LogP contribution in [0.3, 0.4) is 0 Å². The van der Waals surface area contributed by atoms with Crippen molar-refractivity contribution in [3.05, 3.63) is 77.4 Å². The maximum absolute atomic E-state index is 10.3. The van der Waals surface area contributed by atoms with Gasteiger partial charge in [0, 0.05) is 12.7 Å². The normalized spacial score (nSPS) is 12.8. The molecular formula is C19H19O3+. The van der Waals surface area contributed by atoms with E-state index in [9.17, 15) is 5.11 Å². The van der Waals surface area contributed by atoms with E-state index in [-0.39, 0.29) is 12.4 Å². The molecule has 0 aliphatic rings. The summed E-state index contributed by atoms with van der Waals surface area (Å²) in [6.45, 7) is 0.165. The minimum absolute atomic E-state index is 0.165. The number of rotatable bonds is 4. The topological polar surface area (TPSA) is 52.4 Å². The predicted molar refractivity (Wildman–Crippen MR) is 88.2 cm³/mol. The molecule has 22 heavy (non-hydrogen) atoms. The van der Waals surface area contributed by atoms with Crippen molar-refractivity contribution in [3.63, 3.8) is 0 Å². The quantitative estimate of drug-likeness (QED) is 0.534. The molecule has 3 nitrogen and oxygen atoms in total. The Morgan fingerprint density at radius 1 is 1.09 bits per heavy atom. The Bertz CT molecular complexity index is 679. The zero-order valence-electron chi connectivity index (χ0n) is 12.4. The van der Waals surface area contributed by atoms with Gasteiger partial charge in [-0.15, -0.1) is 0 Å². The van der Waals surface area contributed by atoms with Gasteiger partial charge >= 0.3 is 0 Å². The van der Waals surface area contributed by atoms with Crippen LogP contribution in [0.4, 0.5) is 0 Å². The fourth-order valence-corrected chi connectivity index (χ4v) is 1.99. The number of hydrogen-bond acceptors (Lipinski definition) is 2. The van der Waals surface area contributed by atoms with Crippen LogP contribution in [0.25, 0.3) is 5.76 Å². The molecule has 112 valence electrons. The molecule has 0 saturated heterocycles. The molecule has 0 aliphatic carbocycles. The van der Waals surface area contributed by atoms with E-state index in [1.54, 1.807) is 0 Å². The van der Waals surface area contributed by atoms with Crippen LogP contribution in [0.2, 0.25) is 0 Å². The lowest BCUT2D eigenvalue weighted by atomic mass is 10.0. The lowest BCUT2D eigenvalue weighted by molar-refractivity contribution is 0.187. The van der Waals surface area contributed by atoms with Gasteiger partial charge in [-0.2, -0.15) is 0 Å². The molecule has 3 heteroatoms. The molecule has 0 radical (unpaired) electrons. The van der Waals surface area contributed by atoms with Gasteiger partial charge in [0.1, 0.15) is 6.10 Å². The average molecular weight is 295 g/mol. The summed E-state index contributed by atoms with van der Waals surface area (Å²) in [5, 5.41) is 18.6. The highest BCUT2D eigenvalue weighted by atomic mass is 16.5. The Balaban J connectivity index is 2.30. The third-order valence-corrected chi connectivity index (χ3v) is 3.14. The lowest BCUT2D eigenvalue weighted by Gasteiger charge is -2.09. The second kappa shape index (κ2) is 8.04. The minimum atomic E-state index is -1.03. The average Bonchev–Trinajstić information content (AvgIpc) is 2.58. The van der Waals surface area contributed by atoms with E-state index in [1.807, 2.05) is 60.7 Å². The largest absolute Gasteiger partial charge is 0.593 e. The van der Waals surface area contributed by atoms with Gasteiger partial charge in [-0.25, -0.2) is 0 Å². The van der Waals surface area contributed by atoms with Crippen molar-refractivity contribution in [2.75, 3.05) is 13.7 Å². The summed E-state index contributed by atoms with van der Waals surface area (Å²) in [7, 11) is 1.54. The molecule has 2 rings (SSSR count). The summed E-state index contributed by atoms with van der Waals surface area (Å²) in [6.07, 6.45) is -1.03. The molecule has 0 saturated carbocycles. The minimum Gasteiger partial charge on any atom is -0.593 e. The smallest absolute Gasteiger partial charge is 0.266 e. The highest BCUT2D eigenvalue weighted by Crippen LogP contribution is 2.18. The SMILES string of the molecule is COC/C(=C(/[OH2+])c1ccccc1)C(O)C#Cc1ccccc1. The van der Waals surface area contributed by atoms with Gasteiger partial charge in [0.25, 0.3) is 5.76 Å². The van der Waals surface area contributed by atoms with Gasteiger partial charge in [0.05, 0.1) is 17.7 Å². The van der Waals surface area contributed by atoms with Crippen LogP contribution >= 0.6 is 0 Å². The molecule has 0 aliphatic heterocycles. The Hall–Kier alpha value is -2.54. The highest BCUT2D eigenvalue weighted by Gasteiger charge is 2.19. The molecule has 1 unspecified atom stereocenters. The lowest BCUT2D eigenvalue weighted by Crippen LogP contribution is -2.15. The Labute approximate surface area is 130 Å². The zero-order valence-corrected chi connectivity index (χ0v) is 12.4. The molecule has 3 N–H and O–H groups in total. The number of methoxy groups -OCH3 is 1. The fourth-order valence-electron chi connectivity index (χ4n) is 1.99. The van der Waals surface area contributed by atoms with Crippen molar-refractivity contribution >= 4 is 5.76 Å². The summed E-state index contributed by atoms with van der Waals surface area (Å²) < 4.78 is 5.11. The van der Waals surface area contributed by atoms with E-state index in [1.165, 1.54) is 7.11 Å². The van der Waals surface area contributed by atoms with Gasteiger partial charge in [-0.3, -0.25) is 0 Å². The van der Waals surface area contributed by atoms with Gasteiger partial charge in [-0.1, -0.05) is 48.2 Å². The van der Waals surface area contributed by atoms with Crippen molar-refractivity contribution in [3.8, 4) is 11.8 Å². The Morgan fingerprint density at radius 2 is 1.68 bits per heavy atom. The van der Waals surface area contributed by atoms with Crippen molar-refractivity contribution in [2.24, 2.45) is 0 Å². The molecule has 0 spiro atoms. The third-order valence-electron chi connectivity index (χ3n) is 3.14. The maximum Gasteiger partial charge on any atom is 0.266 e. The summed E-state index contributed by atoms with van der Waals surface area (Å²) in [5.41, 5.74) is 2.01. The van der Waals surface area contributed by atoms with E-state index in [4.69, 9.17) is 9.84 Å². The van der Waals surface area contributed by atoms with Crippen molar-refractivity contribution in [2.45, 2.75) is 6.10 Å². The van der Waals surface area contributed by atoms with Crippen LogP contribution in [0.1, 0.15) is 11.1 Å². The van der Waals surface area contributed by atoms with Crippen LogP contribution in [-0.2, 0) is 4.74 Å². The fraction of sp³-hybridized carbons (Fsp3) is 0.158. The van der Waals surface area contributed by atoms with Crippen molar-refractivity contribution in [1.29, 1.82) is 0 Å². The Morgan fingerprint density at radius 3 is 2.27 bits per heavy atom. The third kappa shape index (κ3) is 4.23. The first-order chi connectivity index (χ1) is 10.7. The number of aliphatic hydroxyl groups excluding tert-OH is 1. The molecule has 0 heterocycles. The van der Waals surface area contributed by atoms with Crippen molar-refractivity contribution in [1.82, 2.24) is 0 Å². The van der Waals surface area contributed by atoms with Gasteiger partial charge < -0.3 is 14.9 Å². The van der Waals surface area contributed by atoms with Crippen LogP contribution in [-0.4, -0.2) is 30.0 Å². The monoisotopic (exact) mass is 295 g/mol. The Kier molecular flexibility index (Phi) is 5.79. The van der Waals surface area contributed by atoms with Crippen LogP contribution in [0, 0.1) is 11.8 Å². The van der Waals surface area contributed by atoms with Gasteiger partial charge in [0.2, 0.25) is 0 Å². The van der Waals surface area contributed by atoms with E-state index in [0.29, 0.717) is 5.57 Å². The molecule has 0 aromatic heterocycles. The van der Waals surface area contributed by atoms with E-state index in [2.05, 4.69) is 11.8 Å². The van der Waals surface area contributed by atoms with Gasteiger partial charge in [-0.05, 0) is 24.3 Å². The van der Waals surface area contributed by atoms with Crippen LogP contribution in [0.5, 0.6) is 0 Å². The maximum atomic E-state index is 10.3. The molecule has 2 aromatic rings. The second-order valence-electron chi connectivity index (χ2n) is 4.74. The van der Waals surface area contributed by atoms with Crippen molar-refractivity contribution < 1.29 is 14.9 Å². The van der Waals surface area contributed by atoms with E-state index >= 15 is 0 Å². The molecule has 0 amide bonds. The number of benzene rings is 2. The van der Waals surface area contributed by atoms with Crippen LogP contribution in [0.15, 0.2) is 66.2 Å². The molecule has 1 atom stereocenters. The molecular weight excluding hydrogens is 276 g/mol. The van der Waals surface area contributed by atoms with E-state index in [0.717, 1.165) is 11.1 Å². The second-order valence-corrected chi connectivity index (χ2v) is 4.74. The standard InChI is InChI=1S/C19H18O3/c1-22-14-17(19(21)16-10-6-3-7-11-16)18(20)13-12-15-8-4-2-5-9-15/h2-11,18,20-21H,14H2,1H3/p+1/b19-17-. The predicted octanol–water partition coefficient (Wildman–Crippen LogP) is 2.18. The highest BCUT2D eigenvalue weighted by molar-refractivity contribution is 5.63. The number of ether oxygens (including phenoxy) is 1. The summed E-state index contributed by atoms with van der Waals surface area (Å²) in [5.74, 6) is 5.95.